The van der Waals surface area contributed by atoms with Crippen molar-refractivity contribution in [1.29, 1.82) is 0 Å². The van der Waals surface area contributed by atoms with Crippen molar-refractivity contribution < 1.29 is 4.79 Å². The number of rotatable bonds is 2. The van der Waals surface area contributed by atoms with Crippen LogP contribution in [0.15, 0.2) is 24.4 Å². The summed E-state index contributed by atoms with van der Waals surface area (Å²) in [6, 6.07) is 5.59. The molecule has 2 aromatic rings. The molecule has 0 radical (unpaired) electrons. The van der Waals surface area contributed by atoms with E-state index in [1.165, 1.54) is 0 Å². The van der Waals surface area contributed by atoms with Gasteiger partial charge in [-0.1, -0.05) is 0 Å². The number of primary amides is 1. The van der Waals surface area contributed by atoms with Gasteiger partial charge in [0.1, 0.15) is 0 Å². The quantitative estimate of drug-likeness (QED) is 0.753. The minimum Gasteiger partial charge on any atom is -0.388 e. The van der Waals surface area contributed by atoms with E-state index in [0.29, 0.717) is 5.52 Å². The van der Waals surface area contributed by atoms with Crippen molar-refractivity contribution in [2.24, 2.45) is 5.73 Å². The first-order valence-electron chi connectivity index (χ1n) is 4.45. The van der Waals surface area contributed by atoms with Gasteiger partial charge < -0.3 is 11.1 Å². The average Bonchev–Trinajstić information content (AvgIpc) is 2.27. The minimum absolute atomic E-state index is 0.0414. The third-order valence-corrected chi connectivity index (χ3v) is 2.09. The van der Waals surface area contributed by atoms with Crippen LogP contribution in [0.25, 0.3) is 10.9 Å². The van der Waals surface area contributed by atoms with Gasteiger partial charge in [-0.15, -0.1) is 0 Å². The van der Waals surface area contributed by atoms with Crippen molar-refractivity contribution in [2.75, 3.05) is 12.4 Å². The lowest BCUT2D eigenvalue weighted by atomic mass is 10.2. The number of nitrogens with two attached hydrogens (primary N) is 1. The summed E-state index contributed by atoms with van der Waals surface area (Å²) in [4.78, 5) is 18.8. The Balaban J connectivity index is 2.59. The van der Waals surface area contributed by atoms with Crippen molar-refractivity contribution in [3.8, 4) is 0 Å². The van der Waals surface area contributed by atoms with E-state index in [2.05, 4.69) is 15.3 Å². The van der Waals surface area contributed by atoms with E-state index in [0.717, 1.165) is 11.1 Å². The monoisotopic (exact) mass is 202 g/mol. The van der Waals surface area contributed by atoms with Crippen LogP contribution in [0.4, 0.5) is 5.69 Å². The van der Waals surface area contributed by atoms with E-state index >= 15 is 0 Å². The Kier molecular flexibility index (Phi) is 2.21. The van der Waals surface area contributed by atoms with Gasteiger partial charge in [0.2, 0.25) is 5.82 Å². The number of aromatic nitrogens is 2. The molecule has 15 heavy (non-hydrogen) atoms. The second-order valence-electron chi connectivity index (χ2n) is 3.08. The van der Waals surface area contributed by atoms with E-state index in [1.807, 2.05) is 25.2 Å². The highest BCUT2D eigenvalue weighted by molar-refractivity contribution is 5.91. The van der Waals surface area contributed by atoms with Crippen LogP contribution in [-0.2, 0) is 0 Å². The van der Waals surface area contributed by atoms with Crippen molar-refractivity contribution in [2.45, 2.75) is 0 Å². The molecule has 0 saturated heterocycles. The lowest BCUT2D eigenvalue weighted by Gasteiger charge is -2.02. The number of carbonyl (C=O) groups excluding carboxylic acids is 1. The van der Waals surface area contributed by atoms with E-state index in [1.54, 1.807) is 6.20 Å². The van der Waals surface area contributed by atoms with Gasteiger partial charge in [0.05, 0.1) is 5.52 Å². The van der Waals surface area contributed by atoms with E-state index in [4.69, 9.17) is 5.73 Å². The molecule has 0 aliphatic heterocycles. The zero-order valence-corrected chi connectivity index (χ0v) is 8.19. The summed E-state index contributed by atoms with van der Waals surface area (Å²) in [6.45, 7) is 0. The molecule has 1 aromatic carbocycles. The molecule has 0 fully saturated rings. The zero-order chi connectivity index (χ0) is 10.8. The average molecular weight is 202 g/mol. The molecular weight excluding hydrogens is 192 g/mol. The number of hydrogen-bond donors (Lipinski definition) is 2. The SMILES string of the molecule is CNc1ccc2nc(C(N)=O)ncc2c1. The molecule has 2 rings (SSSR count). The maximum absolute atomic E-state index is 10.9. The highest BCUT2D eigenvalue weighted by atomic mass is 16.1. The number of anilines is 1. The minimum atomic E-state index is -0.616. The van der Waals surface area contributed by atoms with Gasteiger partial charge in [-0.25, -0.2) is 9.97 Å². The number of amides is 1. The van der Waals surface area contributed by atoms with Crippen molar-refractivity contribution in [3.63, 3.8) is 0 Å². The van der Waals surface area contributed by atoms with Crippen molar-refractivity contribution in [3.05, 3.63) is 30.2 Å². The van der Waals surface area contributed by atoms with Crippen LogP contribution in [0.2, 0.25) is 0 Å². The fourth-order valence-corrected chi connectivity index (χ4v) is 1.31. The number of nitrogens with one attached hydrogen (secondary N) is 1. The highest BCUT2D eigenvalue weighted by Gasteiger charge is 2.05. The summed E-state index contributed by atoms with van der Waals surface area (Å²) < 4.78 is 0. The summed E-state index contributed by atoms with van der Waals surface area (Å²) in [7, 11) is 1.83. The Morgan fingerprint density at radius 3 is 2.93 bits per heavy atom. The van der Waals surface area contributed by atoms with Gasteiger partial charge in [-0.3, -0.25) is 4.79 Å². The largest absolute Gasteiger partial charge is 0.388 e. The fourth-order valence-electron chi connectivity index (χ4n) is 1.31. The normalized spacial score (nSPS) is 10.2. The van der Waals surface area contributed by atoms with Gasteiger partial charge >= 0.3 is 0 Å². The van der Waals surface area contributed by atoms with Crippen LogP contribution in [-0.4, -0.2) is 22.9 Å². The molecule has 76 valence electrons. The Hall–Kier alpha value is -2.17. The molecule has 0 spiro atoms. The summed E-state index contributed by atoms with van der Waals surface area (Å²) in [5.41, 5.74) is 6.76. The van der Waals surface area contributed by atoms with Gasteiger partial charge in [0.15, 0.2) is 0 Å². The predicted molar refractivity (Wildman–Crippen MR) is 57.6 cm³/mol. The lowest BCUT2D eigenvalue weighted by molar-refractivity contribution is 0.0991. The Morgan fingerprint density at radius 1 is 1.47 bits per heavy atom. The van der Waals surface area contributed by atoms with Gasteiger partial charge in [-0.05, 0) is 18.2 Å². The van der Waals surface area contributed by atoms with Crippen molar-refractivity contribution in [1.82, 2.24) is 9.97 Å². The molecule has 0 aliphatic carbocycles. The highest BCUT2D eigenvalue weighted by Crippen LogP contribution is 2.16. The third kappa shape index (κ3) is 1.71. The Bertz CT molecular complexity index is 524. The summed E-state index contributed by atoms with van der Waals surface area (Å²) in [5, 5.41) is 3.88. The van der Waals surface area contributed by atoms with Crippen LogP contribution < -0.4 is 11.1 Å². The van der Waals surface area contributed by atoms with Gasteiger partial charge in [0.25, 0.3) is 5.91 Å². The summed E-state index contributed by atoms with van der Waals surface area (Å²) in [6.07, 6.45) is 1.59. The molecule has 0 unspecified atom stereocenters. The van der Waals surface area contributed by atoms with Crippen LogP contribution >= 0.6 is 0 Å². The molecule has 1 amide bonds. The molecule has 0 aliphatic rings. The second kappa shape index (κ2) is 3.53. The van der Waals surface area contributed by atoms with Crippen LogP contribution in [0.3, 0.4) is 0 Å². The number of hydrogen-bond acceptors (Lipinski definition) is 4. The number of nitrogens with zero attached hydrogens (tertiary/aromatic N) is 2. The topological polar surface area (TPSA) is 80.9 Å². The maximum Gasteiger partial charge on any atom is 0.286 e. The maximum atomic E-state index is 10.9. The van der Waals surface area contributed by atoms with E-state index in [9.17, 15) is 4.79 Å². The zero-order valence-electron chi connectivity index (χ0n) is 8.19. The molecule has 5 nitrogen and oxygen atoms in total. The molecule has 5 heteroatoms. The number of carbonyl (C=O) groups is 1. The number of fused-ring (bicyclic) bond motifs is 1. The molecule has 1 aromatic heterocycles. The summed E-state index contributed by atoms with van der Waals surface area (Å²) in [5.74, 6) is -0.575. The first-order chi connectivity index (χ1) is 7.20. The van der Waals surface area contributed by atoms with Crippen LogP contribution in [0, 0.1) is 0 Å². The Morgan fingerprint density at radius 2 is 2.27 bits per heavy atom. The fraction of sp³-hybridized carbons (Fsp3) is 0.100. The lowest BCUT2D eigenvalue weighted by Crippen LogP contribution is -2.14. The Labute approximate surface area is 86.3 Å². The van der Waals surface area contributed by atoms with Gasteiger partial charge in [0, 0.05) is 24.3 Å². The summed E-state index contributed by atoms with van der Waals surface area (Å²) >= 11 is 0. The standard InChI is InChI=1S/C10H10N4O/c1-12-7-2-3-8-6(4-7)5-13-10(14-8)9(11)15/h2-5,12H,1H3,(H2,11,15). The number of benzene rings is 1. The molecule has 1 heterocycles. The molecule has 0 saturated carbocycles. The smallest absolute Gasteiger partial charge is 0.286 e. The van der Waals surface area contributed by atoms with Crippen molar-refractivity contribution >= 4 is 22.5 Å². The van der Waals surface area contributed by atoms with Crippen LogP contribution in [0.5, 0.6) is 0 Å². The third-order valence-electron chi connectivity index (χ3n) is 2.09. The van der Waals surface area contributed by atoms with Crippen LogP contribution in [0.1, 0.15) is 10.6 Å². The first-order valence-corrected chi connectivity index (χ1v) is 4.45. The predicted octanol–water partition coefficient (Wildman–Crippen LogP) is 0.770. The molecular formula is C10H10N4O. The van der Waals surface area contributed by atoms with E-state index in [-0.39, 0.29) is 5.82 Å². The molecule has 0 atom stereocenters. The first kappa shape index (κ1) is 9.39. The molecule has 0 bridgehead atoms. The van der Waals surface area contributed by atoms with Gasteiger partial charge in [-0.2, -0.15) is 0 Å². The molecule has 3 N–H and O–H groups in total. The van der Waals surface area contributed by atoms with E-state index < -0.39 is 5.91 Å². The second-order valence-corrected chi connectivity index (χ2v) is 3.08.